The molecule has 0 saturated carbocycles. The number of para-hydroxylation sites is 1. The second-order valence-corrected chi connectivity index (χ2v) is 6.29. The third kappa shape index (κ3) is 3.14. The zero-order valence-corrected chi connectivity index (χ0v) is 12.6. The second-order valence-electron chi connectivity index (χ2n) is 6.29. The minimum Gasteiger partial charge on any atom is -0.396 e. The minimum absolute atomic E-state index is 0.590. The van der Waals surface area contributed by atoms with E-state index in [1.165, 1.54) is 45.3 Å². The molecule has 1 aromatic rings. The summed E-state index contributed by atoms with van der Waals surface area (Å²) in [5, 5.41) is 9.09. The summed E-state index contributed by atoms with van der Waals surface area (Å²) in [7, 11) is 0. The highest BCUT2D eigenvalue weighted by molar-refractivity contribution is 5.74. The number of benzene rings is 1. The van der Waals surface area contributed by atoms with E-state index in [4.69, 9.17) is 11.0 Å². The number of nitrogens with two attached hydrogens (primary N) is 1. The lowest BCUT2D eigenvalue weighted by atomic mass is 9.95. The van der Waals surface area contributed by atoms with Gasteiger partial charge in [-0.25, -0.2) is 0 Å². The Morgan fingerprint density at radius 2 is 1.86 bits per heavy atom. The number of nitriles is 1. The molecule has 0 aliphatic carbocycles. The molecule has 4 nitrogen and oxygen atoms in total. The maximum Gasteiger partial charge on any atom is 0.101 e. The van der Waals surface area contributed by atoms with E-state index >= 15 is 0 Å². The summed E-state index contributed by atoms with van der Waals surface area (Å²) in [6.45, 7) is 5.95. The lowest BCUT2D eigenvalue weighted by Crippen LogP contribution is -2.38. The zero-order valence-electron chi connectivity index (χ0n) is 12.6. The van der Waals surface area contributed by atoms with Crippen molar-refractivity contribution < 1.29 is 0 Å². The van der Waals surface area contributed by atoms with Crippen LogP contribution < -0.4 is 10.6 Å². The maximum absolute atomic E-state index is 9.09. The van der Waals surface area contributed by atoms with Gasteiger partial charge < -0.3 is 15.5 Å². The molecule has 2 saturated heterocycles. The van der Waals surface area contributed by atoms with Crippen LogP contribution in [-0.4, -0.2) is 37.6 Å². The van der Waals surface area contributed by atoms with Gasteiger partial charge in [0.25, 0.3) is 0 Å². The molecule has 2 fully saturated rings. The molecule has 2 aliphatic heterocycles. The monoisotopic (exact) mass is 284 g/mol. The van der Waals surface area contributed by atoms with E-state index in [9.17, 15) is 0 Å². The lowest BCUT2D eigenvalue weighted by Gasteiger charge is -2.35. The number of hydrogen-bond donors (Lipinski definition) is 1. The predicted octanol–water partition coefficient (Wildman–Crippen LogP) is 2.45. The van der Waals surface area contributed by atoms with Crippen molar-refractivity contribution >= 4 is 11.4 Å². The van der Waals surface area contributed by atoms with E-state index < -0.39 is 0 Å². The Hall–Kier alpha value is -1.73. The van der Waals surface area contributed by atoms with Crippen molar-refractivity contribution in [2.45, 2.75) is 25.7 Å². The van der Waals surface area contributed by atoms with E-state index in [2.05, 4.69) is 15.9 Å². The fourth-order valence-electron chi connectivity index (χ4n) is 3.61. The van der Waals surface area contributed by atoms with Crippen LogP contribution in [0.4, 0.5) is 11.4 Å². The molecule has 0 aromatic heterocycles. The van der Waals surface area contributed by atoms with Gasteiger partial charge in [-0.2, -0.15) is 5.26 Å². The smallest absolute Gasteiger partial charge is 0.101 e. The van der Waals surface area contributed by atoms with Crippen LogP contribution in [0.1, 0.15) is 31.2 Å². The standard InChI is InChI=1S/C17H24N4/c18-12-15-4-3-5-16(17(15)19)21-10-6-14(7-11-21)13-20-8-1-2-9-20/h3-5,14H,1-2,6-11,13,19H2. The molecular weight excluding hydrogens is 260 g/mol. The second kappa shape index (κ2) is 6.36. The van der Waals surface area contributed by atoms with Crippen LogP contribution >= 0.6 is 0 Å². The van der Waals surface area contributed by atoms with Gasteiger partial charge in [0.15, 0.2) is 0 Å². The Balaban J connectivity index is 1.59. The van der Waals surface area contributed by atoms with E-state index in [1.807, 2.05) is 12.1 Å². The number of rotatable bonds is 3. The number of likely N-dealkylation sites (tertiary alicyclic amines) is 1. The Morgan fingerprint density at radius 3 is 2.52 bits per heavy atom. The first-order valence-corrected chi connectivity index (χ1v) is 8.04. The van der Waals surface area contributed by atoms with E-state index in [0.29, 0.717) is 11.3 Å². The molecule has 1 aromatic carbocycles. The molecule has 0 amide bonds. The fourth-order valence-corrected chi connectivity index (χ4v) is 3.61. The fraction of sp³-hybridized carbons (Fsp3) is 0.588. The average molecular weight is 284 g/mol. The highest BCUT2D eigenvalue weighted by Gasteiger charge is 2.24. The van der Waals surface area contributed by atoms with Gasteiger partial charge in [0, 0.05) is 19.6 Å². The van der Waals surface area contributed by atoms with Crippen LogP contribution in [-0.2, 0) is 0 Å². The summed E-state index contributed by atoms with van der Waals surface area (Å²) in [5.41, 5.74) is 8.38. The number of anilines is 2. The molecule has 0 radical (unpaired) electrons. The first-order valence-electron chi connectivity index (χ1n) is 8.04. The minimum atomic E-state index is 0.590. The summed E-state index contributed by atoms with van der Waals surface area (Å²) in [4.78, 5) is 4.96. The molecule has 0 bridgehead atoms. The number of nitrogen functional groups attached to an aromatic ring is 1. The maximum atomic E-state index is 9.09. The summed E-state index contributed by atoms with van der Waals surface area (Å²) in [5.74, 6) is 0.819. The molecule has 21 heavy (non-hydrogen) atoms. The van der Waals surface area contributed by atoms with Gasteiger partial charge in [-0.3, -0.25) is 0 Å². The highest BCUT2D eigenvalue weighted by Crippen LogP contribution is 2.30. The third-order valence-corrected chi connectivity index (χ3v) is 4.87. The van der Waals surface area contributed by atoms with Crippen LogP contribution in [0.15, 0.2) is 18.2 Å². The van der Waals surface area contributed by atoms with Crippen molar-refractivity contribution in [1.82, 2.24) is 4.90 Å². The van der Waals surface area contributed by atoms with Crippen molar-refractivity contribution in [1.29, 1.82) is 5.26 Å². The highest BCUT2D eigenvalue weighted by atomic mass is 15.2. The van der Waals surface area contributed by atoms with Gasteiger partial charge in [0.1, 0.15) is 6.07 Å². The Labute approximate surface area is 127 Å². The Morgan fingerprint density at radius 1 is 1.14 bits per heavy atom. The molecule has 112 valence electrons. The van der Waals surface area contributed by atoms with Crippen LogP contribution in [0.2, 0.25) is 0 Å². The largest absolute Gasteiger partial charge is 0.396 e. The summed E-state index contributed by atoms with van der Waals surface area (Å²) < 4.78 is 0. The number of piperidine rings is 1. The van der Waals surface area contributed by atoms with Crippen molar-refractivity contribution in [3.8, 4) is 6.07 Å². The van der Waals surface area contributed by atoms with E-state index in [-0.39, 0.29) is 0 Å². The average Bonchev–Trinajstić information content (AvgIpc) is 3.01. The predicted molar refractivity (Wildman–Crippen MR) is 86.2 cm³/mol. The first-order chi connectivity index (χ1) is 10.3. The van der Waals surface area contributed by atoms with Crippen molar-refractivity contribution in [3.05, 3.63) is 23.8 Å². The van der Waals surface area contributed by atoms with Crippen LogP contribution in [0, 0.1) is 17.2 Å². The van der Waals surface area contributed by atoms with Gasteiger partial charge in [-0.05, 0) is 56.8 Å². The lowest BCUT2D eigenvalue weighted by molar-refractivity contribution is 0.249. The van der Waals surface area contributed by atoms with Crippen molar-refractivity contribution in [3.63, 3.8) is 0 Å². The molecular formula is C17H24N4. The molecule has 2 N–H and O–H groups in total. The quantitative estimate of drug-likeness (QED) is 0.866. The summed E-state index contributed by atoms with van der Waals surface area (Å²) >= 11 is 0. The van der Waals surface area contributed by atoms with Gasteiger partial charge in [0.2, 0.25) is 0 Å². The molecule has 0 unspecified atom stereocenters. The number of nitrogens with zero attached hydrogens (tertiary/aromatic N) is 3. The van der Waals surface area contributed by atoms with Crippen LogP contribution in [0.5, 0.6) is 0 Å². The zero-order chi connectivity index (χ0) is 14.7. The normalized spacial score (nSPS) is 20.6. The van der Waals surface area contributed by atoms with Crippen LogP contribution in [0.25, 0.3) is 0 Å². The molecule has 3 rings (SSSR count). The Kier molecular flexibility index (Phi) is 4.31. The summed E-state index contributed by atoms with van der Waals surface area (Å²) in [6, 6.07) is 7.93. The van der Waals surface area contributed by atoms with Gasteiger partial charge >= 0.3 is 0 Å². The molecule has 0 spiro atoms. The summed E-state index contributed by atoms with van der Waals surface area (Å²) in [6.07, 6.45) is 5.20. The van der Waals surface area contributed by atoms with Crippen molar-refractivity contribution in [2.24, 2.45) is 5.92 Å². The van der Waals surface area contributed by atoms with Crippen LogP contribution in [0.3, 0.4) is 0 Å². The SMILES string of the molecule is N#Cc1cccc(N2CCC(CN3CCCC3)CC2)c1N. The Bertz CT molecular complexity index is 520. The van der Waals surface area contributed by atoms with Gasteiger partial charge in [0.05, 0.1) is 16.9 Å². The van der Waals surface area contributed by atoms with Gasteiger partial charge in [-0.15, -0.1) is 0 Å². The van der Waals surface area contributed by atoms with Gasteiger partial charge in [-0.1, -0.05) is 6.07 Å². The third-order valence-electron chi connectivity index (χ3n) is 4.87. The molecule has 4 heteroatoms. The molecule has 2 aliphatic rings. The first kappa shape index (κ1) is 14.2. The molecule has 0 atom stereocenters. The van der Waals surface area contributed by atoms with E-state index in [1.54, 1.807) is 6.07 Å². The van der Waals surface area contributed by atoms with E-state index in [0.717, 1.165) is 24.7 Å². The topological polar surface area (TPSA) is 56.3 Å². The van der Waals surface area contributed by atoms with Crippen molar-refractivity contribution in [2.75, 3.05) is 43.4 Å². The molecule has 2 heterocycles. The number of hydrogen-bond acceptors (Lipinski definition) is 4.